The number of thioether (sulfide) groups is 1. The predicted octanol–water partition coefficient (Wildman–Crippen LogP) is -5.37. The highest BCUT2D eigenvalue weighted by molar-refractivity contribution is 7.98. The Morgan fingerprint density at radius 1 is 0.500 bits per heavy atom. The Labute approximate surface area is 448 Å². The molecule has 0 aliphatic heterocycles. The molecule has 0 aliphatic rings. The maximum absolute atomic E-state index is 13.9. The van der Waals surface area contributed by atoms with E-state index in [1.165, 1.54) is 25.6 Å². The van der Waals surface area contributed by atoms with Crippen LogP contribution < -0.4 is 75.7 Å². The van der Waals surface area contributed by atoms with Crippen LogP contribution >= 0.6 is 11.8 Å². The van der Waals surface area contributed by atoms with E-state index in [0.717, 1.165) is 0 Å². The van der Waals surface area contributed by atoms with E-state index in [2.05, 4.69) is 58.5 Å². The van der Waals surface area contributed by atoms with Gasteiger partial charge in [0.15, 0.2) is 0 Å². The molecule has 0 aromatic heterocycles. The van der Waals surface area contributed by atoms with E-state index in [1.807, 2.05) is 20.1 Å². The zero-order valence-corrected chi connectivity index (χ0v) is 46.0. The van der Waals surface area contributed by atoms with Crippen molar-refractivity contribution in [2.75, 3.05) is 44.8 Å². The maximum atomic E-state index is 13.9. The van der Waals surface area contributed by atoms with Gasteiger partial charge < -0.3 is 80.8 Å². The second-order valence-electron chi connectivity index (χ2n) is 18.8. The van der Waals surface area contributed by atoms with Gasteiger partial charge >= 0.3 is 0 Å². The Morgan fingerprint density at radius 3 is 1.47 bits per heavy atom. The number of primary amides is 2. The van der Waals surface area contributed by atoms with Gasteiger partial charge in [0.25, 0.3) is 0 Å². The average molecular weight is 1100 g/mol. The van der Waals surface area contributed by atoms with Crippen LogP contribution in [0.25, 0.3) is 0 Å². The predicted molar refractivity (Wildman–Crippen MR) is 280 cm³/mol. The monoisotopic (exact) mass is 1100 g/mol. The molecule has 0 radical (unpaired) electrons. The summed E-state index contributed by atoms with van der Waals surface area (Å²) < 4.78 is 0. The minimum atomic E-state index is -1.70. The highest BCUT2D eigenvalue weighted by Crippen LogP contribution is 2.13. The van der Waals surface area contributed by atoms with E-state index < -0.39 is 170 Å². The molecule has 0 rings (SSSR count). The maximum Gasteiger partial charge on any atom is 0.245 e. The first-order valence-electron chi connectivity index (χ1n) is 25.2. The SMILES string of the molecule is CC[C@@H](C)[C@@H](NC(=O)CNC(=O)[C@@H](CC(C)C)NC(=O)[C@@H](CCSC)NC(C)=O)C(=O)N[C@@H](C(=O)N[C@H](C)C(=O)NCC(=O)N[C@H](CCCCN)C(=O)N[C@H](CC(N)=O)C(=O)N[C@H](CO)C(=O)NCC(N)=O)[C@H](C)CC. The number of unbranched alkanes of at least 4 members (excludes halogenated alkanes) is 1. The van der Waals surface area contributed by atoms with Crippen molar-refractivity contribution >= 4 is 88.6 Å². The zero-order chi connectivity index (χ0) is 58.2. The van der Waals surface area contributed by atoms with Crippen LogP contribution in [0.15, 0.2) is 0 Å². The standard InChI is InChI=1S/C47H84N14O14S/c1-10-25(5)38(60-37(67)22-53-41(69)31(18-24(3)4)57-44(72)30(15-17-76-9)55-28(8)63)47(75)61-39(26(6)11-2)46(74)54-27(7)40(68)52-21-36(66)56-29(14-12-13-16-48)43(71)58-32(19-34(49)64)45(73)59-33(23-62)42(70)51-20-35(50)65/h24-27,29-33,38-39,62H,10-23,48H2,1-9H3,(H2,49,64)(H2,50,65)(H,51,70)(H,52,68)(H,53,69)(H,54,74)(H,55,63)(H,56,66)(H,57,72)(H,58,71)(H,59,73)(H,60,67)(H,61,75)/t25-,26-,27-,29-,30-,31-,32-,33-,38-,39-/m1/s1. The lowest BCUT2D eigenvalue weighted by molar-refractivity contribution is -0.136. The summed E-state index contributed by atoms with van der Waals surface area (Å²) in [6.07, 6.45) is 3.09. The van der Waals surface area contributed by atoms with Gasteiger partial charge in [0, 0.05) is 6.92 Å². The van der Waals surface area contributed by atoms with Crippen molar-refractivity contribution < 1.29 is 67.4 Å². The topological polar surface area (TPSA) is 453 Å². The third-order valence-electron chi connectivity index (χ3n) is 11.7. The minimum Gasteiger partial charge on any atom is -0.394 e. The number of aliphatic hydroxyl groups excluding tert-OH is 1. The van der Waals surface area contributed by atoms with Crippen LogP contribution in [0.2, 0.25) is 0 Å². The molecule has 0 saturated carbocycles. The summed E-state index contributed by atoms with van der Waals surface area (Å²) >= 11 is 1.48. The molecule has 0 spiro atoms. The van der Waals surface area contributed by atoms with Crippen LogP contribution in [-0.2, 0) is 62.3 Å². The van der Waals surface area contributed by atoms with E-state index >= 15 is 0 Å². The van der Waals surface area contributed by atoms with Crippen molar-refractivity contribution in [2.24, 2.45) is 35.0 Å². The number of rotatable bonds is 38. The molecule has 432 valence electrons. The minimum absolute atomic E-state index is 0.0301. The molecule has 13 amide bonds. The third kappa shape index (κ3) is 27.8. The molecule has 76 heavy (non-hydrogen) atoms. The first kappa shape index (κ1) is 69.4. The molecule has 29 heteroatoms. The number of nitrogens with two attached hydrogens (primary N) is 3. The van der Waals surface area contributed by atoms with E-state index in [9.17, 15) is 67.4 Å². The number of carbonyl (C=O) groups excluding carboxylic acids is 13. The number of nitrogens with one attached hydrogen (secondary N) is 11. The summed E-state index contributed by atoms with van der Waals surface area (Å²) in [7, 11) is 0. The van der Waals surface area contributed by atoms with Gasteiger partial charge in [-0.3, -0.25) is 62.3 Å². The summed E-state index contributed by atoms with van der Waals surface area (Å²) in [5, 5.41) is 36.6. The lowest BCUT2D eigenvalue weighted by Gasteiger charge is -2.29. The number of aliphatic hydroxyl groups is 1. The Kier molecular flexibility index (Phi) is 33.9. The second-order valence-corrected chi connectivity index (χ2v) is 19.7. The lowest BCUT2D eigenvalue weighted by atomic mass is 9.94. The smallest absolute Gasteiger partial charge is 0.245 e. The molecule has 0 saturated heterocycles. The molecule has 0 aromatic rings. The number of hydrogen-bond acceptors (Lipinski definition) is 16. The summed E-state index contributed by atoms with van der Waals surface area (Å²) in [6, 6.07) is -10.3. The van der Waals surface area contributed by atoms with Gasteiger partial charge in [0.05, 0.1) is 32.7 Å². The molecular weight excluding hydrogens is 1020 g/mol. The van der Waals surface area contributed by atoms with Crippen molar-refractivity contribution in [3.05, 3.63) is 0 Å². The number of carbonyl (C=O) groups is 13. The summed E-state index contributed by atoms with van der Waals surface area (Å²) in [5.41, 5.74) is 15.9. The molecule has 28 nitrogen and oxygen atoms in total. The quantitative estimate of drug-likeness (QED) is 0.0257. The fourth-order valence-electron chi connectivity index (χ4n) is 7.03. The second kappa shape index (κ2) is 37.2. The van der Waals surface area contributed by atoms with Gasteiger partial charge in [0.2, 0.25) is 76.8 Å². The number of hydrogen-bond donors (Lipinski definition) is 15. The molecule has 0 aromatic carbocycles. The van der Waals surface area contributed by atoms with Gasteiger partial charge in [-0.15, -0.1) is 0 Å². The van der Waals surface area contributed by atoms with Crippen LogP contribution in [-0.4, -0.2) is 175 Å². The van der Waals surface area contributed by atoms with Crippen molar-refractivity contribution in [2.45, 2.75) is 155 Å². The van der Waals surface area contributed by atoms with Gasteiger partial charge in [-0.2, -0.15) is 11.8 Å². The summed E-state index contributed by atoms with van der Waals surface area (Å²) in [5.74, 6) is -11.1. The van der Waals surface area contributed by atoms with E-state index in [0.29, 0.717) is 37.9 Å². The molecular formula is C47H84N14O14S. The van der Waals surface area contributed by atoms with Crippen LogP contribution in [0.1, 0.15) is 107 Å². The third-order valence-corrected chi connectivity index (χ3v) is 12.4. The highest BCUT2D eigenvalue weighted by atomic mass is 32.2. The van der Waals surface area contributed by atoms with Crippen molar-refractivity contribution in [1.82, 2.24) is 58.5 Å². The Hall–Kier alpha value is -6.62. The first-order valence-corrected chi connectivity index (χ1v) is 26.6. The highest BCUT2D eigenvalue weighted by Gasteiger charge is 2.35. The van der Waals surface area contributed by atoms with Crippen molar-refractivity contribution in [3.63, 3.8) is 0 Å². The number of amides is 13. The molecule has 18 N–H and O–H groups in total. The Balaban J connectivity index is 5.94. The Bertz CT molecular complexity index is 2000. The summed E-state index contributed by atoms with van der Waals surface area (Å²) in [6.45, 7) is 10.6. The fourth-order valence-corrected chi connectivity index (χ4v) is 7.50. The van der Waals surface area contributed by atoms with Gasteiger partial charge in [0.1, 0.15) is 48.3 Å². The van der Waals surface area contributed by atoms with Gasteiger partial charge in [-0.25, -0.2) is 0 Å². The van der Waals surface area contributed by atoms with Crippen LogP contribution in [0.5, 0.6) is 0 Å². The van der Waals surface area contributed by atoms with Crippen molar-refractivity contribution in [1.29, 1.82) is 0 Å². The summed E-state index contributed by atoms with van der Waals surface area (Å²) in [4.78, 5) is 167. The van der Waals surface area contributed by atoms with E-state index in [-0.39, 0.29) is 25.3 Å². The normalized spacial score (nSPS) is 14.9. The van der Waals surface area contributed by atoms with Crippen LogP contribution in [0.3, 0.4) is 0 Å². The average Bonchev–Trinajstić information content (AvgIpc) is 3.35. The van der Waals surface area contributed by atoms with Gasteiger partial charge in [-0.1, -0.05) is 54.4 Å². The fraction of sp³-hybridized carbons (Fsp3) is 0.723. The van der Waals surface area contributed by atoms with Crippen LogP contribution in [0.4, 0.5) is 0 Å². The molecule has 0 bridgehead atoms. The lowest BCUT2D eigenvalue weighted by Crippen LogP contribution is -2.60. The zero-order valence-electron chi connectivity index (χ0n) is 45.1. The largest absolute Gasteiger partial charge is 0.394 e. The molecule has 0 heterocycles. The molecule has 0 fully saturated rings. The van der Waals surface area contributed by atoms with Crippen LogP contribution in [0, 0.1) is 17.8 Å². The van der Waals surface area contributed by atoms with Gasteiger partial charge in [-0.05, 0) is 75.3 Å². The molecule has 10 atom stereocenters. The van der Waals surface area contributed by atoms with Crippen molar-refractivity contribution in [3.8, 4) is 0 Å². The molecule has 0 aliphatic carbocycles. The molecule has 0 unspecified atom stereocenters. The Morgan fingerprint density at radius 2 is 0.974 bits per heavy atom. The van der Waals surface area contributed by atoms with E-state index in [4.69, 9.17) is 17.2 Å². The first-order chi connectivity index (χ1) is 35.6. The van der Waals surface area contributed by atoms with E-state index in [1.54, 1.807) is 27.7 Å².